The third-order valence-electron chi connectivity index (χ3n) is 4.43. The van der Waals surface area contributed by atoms with Gasteiger partial charge in [-0.3, -0.25) is 9.59 Å². The quantitative estimate of drug-likeness (QED) is 0.412. The summed E-state index contributed by atoms with van der Waals surface area (Å²) in [5.74, 6) is -0.517. The van der Waals surface area contributed by atoms with E-state index in [2.05, 4.69) is 25.5 Å². The second kappa shape index (κ2) is 10.8. The largest absolute Gasteiger partial charge is 0.355 e. The van der Waals surface area contributed by atoms with E-state index >= 15 is 0 Å². The summed E-state index contributed by atoms with van der Waals surface area (Å²) in [6, 6.07) is -0.696. The smallest absolute Gasteiger partial charge is 0.239 e. The Morgan fingerprint density at radius 1 is 1.24 bits per heavy atom. The highest BCUT2D eigenvalue weighted by Crippen LogP contribution is 2.08. The van der Waals surface area contributed by atoms with Crippen LogP contribution in [0.15, 0.2) is 12.5 Å². The van der Waals surface area contributed by atoms with Gasteiger partial charge in [-0.05, 0) is 45.3 Å². The number of likely N-dealkylation sites (tertiary alicyclic amines) is 1. The van der Waals surface area contributed by atoms with Crippen molar-refractivity contribution in [3.63, 3.8) is 0 Å². The lowest BCUT2D eigenvalue weighted by Crippen LogP contribution is -2.46. The van der Waals surface area contributed by atoms with Crippen LogP contribution in [-0.2, 0) is 16.0 Å². The number of H-pyrrole nitrogens is 1. The molecule has 2 amide bonds. The number of hydrogen-bond donors (Lipinski definition) is 4. The van der Waals surface area contributed by atoms with Gasteiger partial charge in [0.15, 0.2) is 0 Å². The number of aromatic nitrogens is 2. The fourth-order valence-corrected chi connectivity index (χ4v) is 2.96. The zero-order valence-corrected chi connectivity index (χ0v) is 14.8. The molecule has 1 aromatic rings. The number of hydrogen-bond acceptors (Lipinski definition) is 5. The van der Waals surface area contributed by atoms with Crippen LogP contribution in [0.25, 0.3) is 0 Å². The molecule has 0 aromatic carbocycles. The van der Waals surface area contributed by atoms with Gasteiger partial charge in [0, 0.05) is 24.9 Å². The number of amides is 2. The summed E-state index contributed by atoms with van der Waals surface area (Å²) in [4.78, 5) is 32.9. The lowest BCUT2D eigenvalue weighted by atomic mass is 10.1. The van der Waals surface area contributed by atoms with E-state index in [1.54, 1.807) is 12.5 Å². The maximum absolute atomic E-state index is 11.9. The molecule has 1 aliphatic rings. The van der Waals surface area contributed by atoms with Crippen LogP contribution in [0.4, 0.5) is 0 Å². The van der Waals surface area contributed by atoms with Crippen LogP contribution in [-0.4, -0.2) is 65.4 Å². The molecule has 5 N–H and O–H groups in total. The molecule has 25 heavy (non-hydrogen) atoms. The second-order valence-electron chi connectivity index (χ2n) is 6.56. The minimum Gasteiger partial charge on any atom is -0.355 e. The molecule has 0 aliphatic carbocycles. The fourth-order valence-electron chi connectivity index (χ4n) is 2.96. The van der Waals surface area contributed by atoms with Gasteiger partial charge in [0.05, 0.1) is 18.9 Å². The lowest BCUT2D eigenvalue weighted by molar-refractivity contribution is -0.126. The Kier molecular flexibility index (Phi) is 8.41. The molecule has 140 valence electrons. The van der Waals surface area contributed by atoms with Crippen LogP contribution in [0, 0.1) is 0 Å². The van der Waals surface area contributed by atoms with Crippen LogP contribution < -0.4 is 16.4 Å². The highest BCUT2D eigenvalue weighted by molar-refractivity contribution is 5.87. The number of imidazole rings is 1. The first-order valence-corrected chi connectivity index (χ1v) is 9.15. The number of carbonyl (C=O) groups excluding carboxylic acids is 2. The van der Waals surface area contributed by atoms with Crippen LogP contribution in [0.2, 0.25) is 0 Å². The maximum Gasteiger partial charge on any atom is 0.239 e. The number of nitrogens with zero attached hydrogens (tertiary/aromatic N) is 2. The van der Waals surface area contributed by atoms with E-state index in [1.165, 1.54) is 32.4 Å². The van der Waals surface area contributed by atoms with E-state index in [0.29, 0.717) is 13.0 Å². The summed E-state index contributed by atoms with van der Waals surface area (Å²) in [5.41, 5.74) is 6.60. The highest BCUT2D eigenvalue weighted by atomic mass is 16.2. The molecule has 1 atom stereocenters. The molecule has 8 heteroatoms. The third kappa shape index (κ3) is 7.66. The Morgan fingerprint density at radius 3 is 2.76 bits per heavy atom. The molecular formula is C17H30N6O2. The average molecular weight is 350 g/mol. The third-order valence-corrected chi connectivity index (χ3v) is 4.43. The number of carbonyl (C=O) groups is 2. The van der Waals surface area contributed by atoms with Crippen molar-refractivity contribution < 1.29 is 9.59 Å². The normalized spacial score (nSPS) is 15.9. The number of nitrogens with two attached hydrogens (primary N) is 1. The van der Waals surface area contributed by atoms with E-state index in [1.807, 2.05) is 0 Å². The van der Waals surface area contributed by atoms with Crippen molar-refractivity contribution in [2.24, 2.45) is 5.73 Å². The molecule has 2 heterocycles. The molecule has 0 spiro atoms. The Morgan fingerprint density at radius 2 is 2.04 bits per heavy atom. The van der Waals surface area contributed by atoms with Gasteiger partial charge in [0.25, 0.3) is 0 Å². The summed E-state index contributed by atoms with van der Waals surface area (Å²) in [5, 5.41) is 5.39. The lowest BCUT2D eigenvalue weighted by Gasteiger charge is -2.14. The molecular weight excluding hydrogens is 320 g/mol. The summed E-state index contributed by atoms with van der Waals surface area (Å²) < 4.78 is 0. The SMILES string of the molecule is NC(Cc1cnc[nH]1)C(=O)NCC(=O)NCCCCCN1CCCC1. The van der Waals surface area contributed by atoms with Gasteiger partial charge in [-0.2, -0.15) is 0 Å². The van der Waals surface area contributed by atoms with Crippen molar-refractivity contribution in [1.29, 1.82) is 0 Å². The van der Waals surface area contributed by atoms with Crippen LogP contribution in [0.3, 0.4) is 0 Å². The number of unbranched alkanes of at least 4 members (excludes halogenated alkanes) is 2. The van der Waals surface area contributed by atoms with Crippen molar-refractivity contribution >= 4 is 11.8 Å². The van der Waals surface area contributed by atoms with Gasteiger partial charge in [0.1, 0.15) is 0 Å². The standard InChI is InChI=1S/C17H30N6O2/c18-15(10-14-11-19-13-22-14)17(25)21-12-16(24)20-6-2-1-3-7-23-8-4-5-9-23/h11,13,15H,1-10,12,18H2,(H,19,22)(H,20,24)(H,21,25). The number of nitrogens with one attached hydrogen (secondary N) is 3. The first kappa shape index (κ1) is 19.4. The molecule has 0 saturated carbocycles. The molecule has 1 unspecified atom stereocenters. The van der Waals surface area contributed by atoms with Crippen molar-refractivity contribution in [1.82, 2.24) is 25.5 Å². The Hall–Kier alpha value is -1.93. The summed E-state index contributed by atoms with van der Waals surface area (Å²) in [6.45, 7) is 4.24. The van der Waals surface area contributed by atoms with Gasteiger partial charge in [-0.1, -0.05) is 6.42 Å². The van der Waals surface area contributed by atoms with Crippen molar-refractivity contribution in [2.45, 2.75) is 44.6 Å². The van der Waals surface area contributed by atoms with E-state index < -0.39 is 6.04 Å². The summed E-state index contributed by atoms with van der Waals surface area (Å²) in [7, 11) is 0. The maximum atomic E-state index is 11.9. The van der Waals surface area contributed by atoms with Gasteiger partial charge >= 0.3 is 0 Å². The first-order chi connectivity index (χ1) is 12.1. The monoisotopic (exact) mass is 350 g/mol. The fraction of sp³-hybridized carbons (Fsp3) is 0.706. The number of rotatable bonds is 11. The summed E-state index contributed by atoms with van der Waals surface area (Å²) in [6.07, 6.45) is 9.44. The predicted octanol–water partition coefficient (Wildman–Crippen LogP) is -0.222. The minimum absolute atomic E-state index is 0.0384. The van der Waals surface area contributed by atoms with E-state index in [-0.39, 0.29) is 18.4 Å². The Labute approximate surface area is 148 Å². The van der Waals surface area contributed by atoms with Gasteiger partial charge in [0.2, 0.25) is 11.8 Å². The Balaban J connectivity index is 1.46. The van der Waals surface area contributed by atoms with Crippen molar-refractivity contribution in [2.75, 3.05) is 32.7 Å². The molecule has 1 saturated heterocycles. The first-order valence-electron chi connectivity index (χ1n) is 9.15. The highest BCUT2D eigenvalue weighted by Gasteiger charge is 2.15. The molecule has 0 bridgehead atoms. The minimum atomic E-state index is -0.696. The number of aromatic amines is 1. The van der Waals surface area contributed by atoms with Crippen molar-refractivity contribution in [3.05, 3.63) is 18.2 Å². The molecule has 1 aliphatic heterocycles. The van der Waals surface area contributed by atoms with E-state index in [4.69, 9.17) is 5.73 Å². The Bertz CT molecular complexity index is 513. The van der Waals surface area contributed by atoms with Crippen molar-refractivity contribution in [3.8, 4) is 0 Å². The van der Waals surface area contributed by atoms with Gasteiger partial charge < -0.3 is 26.3 Å². The topological polar surface area (TPSA) is 116 Å². The predicted molar refractivity (Wildman–Crippen MR) is 95.8 cm³/mol. The molecule has 1 aromatic heterocycles. The van der Waals surface area contributed by atoms with Crippen LogP contribution in [0.5, 0.6) is 0 Å². The van der Waals surface area contributed by atoms with E-state index in [9.17, 15) is 9.59 Å². The second-order valence-corrected chi connectivity index (χ2v) is 6.56. The molecule has 8 nitrogen and oxygen atoms in total. The van der Waals surface area contributed by atoms with Gasteiger partial charge in [-0.25, -0.2) is 4.98 Å². The molecule has 0 radical (unpaired) electrons. The zero-order chi connectivity index (χ0) is 17.9. The average Bonchev–Trinajstić information content (AvgIpc) is 3.29. The molecule has 1 fully saturated rings. The van der Waals surface area contributed by atoms with Crippen LogP contribution in [0.1, 0.15) is 37.8 Å². The van der Waals surface area contributed by atoms with Crippen LogP contribution >= 0.6 is 0 Å². The molecule has 2 rings (SSSR count). The summed E-state index contributed by atoms with van der Waals surface area (Å²) >= 11 is 0. The van der Waals surface area contributed by atoms with E-state index in [0.717, 1.165) is 25.1 Å². The zero-order valence-electron chi connectivity index (χ0n) is 14.8. The van der Waals surface area contributed by atoms with Gasteiger partial charge in [-0.15, -0.1) is 0 Å².